The van der Waals surface area contributed by atoms with E-state index in [2.05, 4.69) is 26.8 Å². The predicted octanol–water partition coefficient (Wildman–Crippen LogP) is 6.45. The van der Waals surface area contributed by atoms with Gasteiger partial charge in [-0.05, 0) is 65.1 Å². The van der Waals surface area contributed by atoms with Gasteiger partial charge in [0.1, 0.15) is 35.1 Å². The minimum atomic E-state index is -0.674. The van der Waals surface area contributed by atoms with Gasteiger partial charge in [0.05, 0.1) is 22.5 Å². The van der Waals surface area contributed by atoms with E-state index in [1.54, 1.807) is 35.4 Å². The molecule has 0 unspecified atom stereocenters. The normalized spacial score (nSPS) is 21.8. The molecule has 9 nitrogen and oxygen atoms in total. The van der Waals surface area contributed by atoms with Crippen LogP contribution in [0.2, 0.25) is 5.02 Å². The van der Waals surface area contributed by atoms with Crippen LogP contribution in [0, 0.1) is 11.6 Å². The van der Waals surface area contributed by atoms with Gasteiger partial charge in [-0.25, -0.2) is 13.6 Å². The molecule has 3 atom stereocenters. The fourth-order valence-electron chi connectivity index (χ4n) is 6.77. The van der Waals surface area contributed by atoms with Crippen molar-refractivity contribution in [1.29, 1.82) is 0 Å². The molecular weight excluding hydrogens is 602 g/mol. The summed E-state index contributed by atoms with van der Waals surface area (Å²) in [7, 11) is 2.06. The molecule has 4 aromatic rings. The molecule has 3 aliphatic heterocycles. The number of anilines is 1. The van der Waals surface area contributed by atoms with Gasteiger partial charge in [0.2, 0.25) is 0 Å². The van der Waals surface area contributed by atoms with Crippen LogP contribution in [0.5, 0.6) is 6.01 Å². The fourth-order valence-corrected chi connectivity index (χ4v) is 7.05. The maximum atomic E-state index is 16.6. The van der Waals surface area contributed by atoms with Crippen LogP contribution in [0.4, 0.5) is 19.4 Å². The SMILES string of the molecule is CN1CCC[C@H]1COc1nc(N2CC[C@@H]3[C@H]2CN3C(=O)OC(C)(C)C)c2cnc(-c3cccc4ccc(F)c(Cl)c34)c(F)c2n1. The number of benzene rings is 2. The van der Waals surface area contributed by atoms with Crippen LogP contribution in [-0.4, -0.2) is 87.9 Å². The number of rotatable bonds is 5. The van der Waals surface area contributed by atoms with Crippen molar-refractivity contribution in [2.45, 2.75) is 63.8 Å². The van der Waals surface area contributed by atoms with Crippen LogP contribution in [-0.2, 0) is 4.74 Å². The Morgan fingerprint density at radius 2 is 1.91 bits per heavy atom. The highest BCUT2D eigenvalue weighted by molar-refractivity contribution is 6.36. The number of likely N-dealkylation sites (tertiary alicyclic amines) is 2. The number of carbonyl (C=O) groups is 1. The summed E-state index contributed by atoms with van der Waals surface area (Å²) >= 11 is 6.39. The van der Waals surface area contributed by atoms with E-state index in [0.29, 0.717) is 53.7 Å². The lowest BCUT2D eigenvalue weighted by molar-refractivity contribution is -0.00711. The summed E-state index contributed by atoms with van der Waals surface area (Å²) < 4.78 is 42.9. The first-order valence-corrected chi connectivity index (χ1v) is 15.7. The van der Waals surface area contributed by atoms with Crippen molar-refractivity contribution in [1.82, 2.24) is 24.8 Å². The Hall–Kier alpha value is -3.83. The number of hydrogen-bond acceptors (Lipinski definition) is 8. The van der Waals surface area contributed by atoms with E-state index in [1.165, 1.54) is 6.07 Å². The van der Waals surface area contributed by atoms with E-state index in [0.717, 1.165) is 19.4 Å². The van der Waals surface area contributed by atoms with E-state index in [4.69, 9.17) is 26.1 Å². The number of halogens is 3. The maximum absolute atomic E-state index is 16.6. The Labute approximate surface area is 265 Å². The molecule has 7 rings (SSSR count). The zero-order chi connectivity index (χ0) is 31.6. The smallest absolute Gasteiger partial charge is 0.410 e. The van der Waals surface area contributed by atoms with Gasteiger partial charge in [-0.1, -0.05) is 35.9 Å². The molecule has 1 amide bonds. The third kappa shape index (κ3) is 5.29. The largest absolute Gasteiger partial charge is 0.462 e. The number of pyridine rings is 1. The number of hydrogen-bond donors (Lipinski definition) is 0. The zero-order valence-corrected chi connectivity index (χ0v) is 26.4. The highest BCUT2D eigenvalue weighted by atomic mass is 35.5. The Morgan fingerprint density at radius 1 is 1.09 bits per heavy atom. The standard InChI is InChI=1S/C33H35ClF2N6O3/c1-33(2,3)45-32(43)42-16-24-23(42)12-14-41(24)30-21-15-37-28(20-9-5-7-18-10-11-22(35)26(34)25(18)20)27(36)29(21)38-31(39-30)44-17-19-8-6-13-40(19)4/h5,7,9-11,15,19,23-24H,6,8,12-14,16-17H2,1-4H3/t19-,23+,24+/m0/s1. The van der Waals surface area contributed by atoms with Crippen molar-refractivity contribution in [2.75, 3.05) is 38.2 Å². The lowest BCUT2D eigenvalue weighted by Crippen LogP contribution is -2.64. The number of amides is 1. The van der Waals surface area contributed by atoms with E-state index >= 15 is 4.39 Å². The van der Waals surface area contributed by atoms with Crippen molar-refractivity contribution < 1.29 is 23.0 Å². The Bertz CT molecular complexity index is 1820. The Morgan fingerprint density at radius 3 is 2.67 bits per heavy atom. The molecule has 45 heavy (non-hydrogen) atoms. The number of fused-ring (bicyclic) bond motifs is 3. The van der Waals surface area contributed by atoms with Crippen LogP contribution in [0.15, 0.2) is 36.5 Å². The van der Waals surface area contributed by atoms with E-state index in [-0.39, 0.29) is 46.5 Å². The van der Waals surface area contributed by atoms with Gasteiger partial charge in [0.15, 0.2) is 5.82 Å². The summed E-state index contributed by atoms with van der Waals surface area (Å²) in [5.74, 6) is -0.767. The monoisotopic (exact) mass is 636 g/mol. The van der Waals surface area contributed by atoms with Gasteiger partial charge in [-0.3, -0.25) is 4.98 Å². The highest BCUT2D eigenvalue weighted by Crippen LogP contribution is 2.41. The van der Waals surface area contributed by atoms with Gasteiger partial charge in [-0.2, -0.15) is 9.97 Å². The molecule has 0 bridgehead atoms. The number of nitrogens with zero attached hydrogens (tertiary/aromatic N) is 6. The molecule has 0 N–H and O–H groups in total. The zero-order valence-electron chi connectivity index (χ0n) is 25.7. The minimum Gasteiger partial charge on any atom is -0.462 e. The lowest BCUT2D eigenvalue weighted by Gasteiger charge is -2.46. The molecule has 12 heteroatoms. The number of carbonyl (C=O) groups excluding carboxylic acids is 1. The molecule has 2 aromatic carbocycles. The molecule has 3 saturated heterocycles. The van der Waals surface area contributed by atoms with Crippen LogP contribution >= 0.6 is 11.6 Å². The quantitative estimate of drug-likeness (QED) is 0.247. The number of aromatic nitrogens is 3. The second-order valence-electron chi connectivity index (χ2n) is 13.1. The van der Waals surface area contributed by atoms with Gasteiger partial charge >= 0.3 is 12.1 Å². The molecule has 2 aromatic heterocycles. The molecule has 0 saturated carbocycles. The second-order valence-corrected chi connectivity index (χ2v) is 13.5. The van der Waals surface area contributed by atoms with Crippen molar-refractivity contribution >= 4 is 45.2 Å². The molecule has 0 radical (unpaired) electrons. The first-order chi connectivity index (χ1) is 21.5. The first kappa shape index (κ1) is 29.9. The average Bonchev–Trinajstić information content (AvgIpc) is 3.54. The van der Waals surface area contributed by atoms with E-state index < -0.39 is 17.2 Å². The van der Waals surface area contributed by atoms with Crippen molar-refractivity contribution in [2.24, 2.45) is 0 Å². The van der Waals surface area contributed by atoms with Gasteiger partial charge in [-0.15, -0.1) is 0 Å². The van der Waals surface area contributed by atoms with Crippen LogP contribution in [0.1, 0.15) is 40.0 Å². The summed E-state index contributed by atoms with van der Waals surface area (Å²) in [6, 6.07) is 8.32. The number of likely N-dealkylation sites (N-methyl/N-ethyl adjacent to an activating group) is 1. The van der Waals surface area contributed by atoms with Crippen molar-refractivity contribution in [3.8, 4) is 17.3 Å². The Kier molecular flexibility index (Phi) is 7.43. The first-order valence-electron chi connectivity index (χ1n) is 15.3. The molecule has 0 aliphatic carbocycles. The van der Waals surface area contributed by atoms with Crippen LogP contribution in [0.3, 0.4) is 0 Å². The summed E-state index contributed by atoms with van der Waals surface area (Å²) in [6.07, 6.45) is 4.00. The molecule has 3 fully saturated rings. The molecular formula is C33H35ClF2N6O3. The Balaban J connectivity index is 1.29. The molecule has 0 spiro atoms. The minimum absolute atomic E-state index is 0.00534. The van der Waals surface area contributed by atoms with Crippen molar-refractivity contribution in [3.05, 3.63) is 53.2 Å². The molecule has 3 aliphatic rings. The van der Waals surface area contributed by atoms with Gasteiger partial charge < -0.3 is 24.2 Å². The molecule has 236 valence electrons. The van der Waals surface area contributed by atoms with Gasteiger partial charge in [0, 0.05) is 36.3 Å². The third-order valence-corrected chi connectivity index (χ3v) is 9.47. The lowest BCUT2D eigenvalue weighted by atomic mass is 9.98. The average molecular weight is 637 g/mol. The summed E-state index contributed by atoms with van der Waals surface area (Å²) in [5.41, 5.74) is -0.175. The third-order valence-electron chi connectivity index (χ3n) is 9.10. The predicted molar refractivity (Wildman–Crippen MR) is 169 cm³/mol. The topological polar surface area (TPSA) is 83.9 Å². The summed E-state index contributed by atoms with van der Waals surface area (Å²) in [4.78, 5) is 32.8. The molecule has 5 heterocycles. The summed E-state index contributed by atoms with van der Waals surface area (Å²) in [5, 5.41) is 1.37. The number of ether oxygens (including phenoxy) is 2. The fraction of sp³-hybridized carbons (Fsp3) is 0.455. The van der Waals surface area contributed by atoms with Crippen LogP contribution < -0.4 is 9.64 Å². The maximum Gasteiger partial charge on any atom is 0.410 e. The summed E-state index contributed by atoms with van der Waals surface area (Å²) in [6.45, 7) is 7.96. The van der Waals surface area contributed by atoms with E-state index in [1.807, 2.05) is 20.8 Å². The van der Waals surface area contributed by atoms with E-state index in [9.17, 15) is 9.18 Å². The van der Waals surface area contributed by atoms with Gasteiger partial charge in [0.25, 0.3) is 0 Å². The highest BCUT2D eigenvalue weighted by Gasteiger charge is 2.51. The van der Waals surface area contributed by atoms with Crippen molar-refractivity contribution in [3.63, 3.8) is 0 Å². The van der Waals surface area contributed by atoms with Crippen LogP contribution in [0.25, 0.3) is 32.9 Å². The second kappa shape index (κ2) is 11.2.